The van der Waals surface area contributed by atoms with Gasteiger partial charge < -0.3 is 10.0 Å². The van der Waals surface area contributed by atoms with E-state index in [0.717, 1.165) is 0 Å². The summed E-state index contributed by atoms with van der Waals surface area (Å²) in [7, 11) is -1.71. The molecule has 98 valence electrons. The zero-order valence-electron chi connectivity index (χ0n) is 9.63. The van der Waals surface area contributed by atoms with Crippen LogP contribution in [0.3, 0.4) is 0 Å². The summed E-state index contributed by atoms with van der Waals surface area (Å²) in [6.07, 6.45) is -0.189. The smallest absolute Gasteiger partial charge is 0.305 e. The van der Waals surface area contributed by atoms with Crippen molar-refractivity contribution in [3.8, 4) is 0 Å². The lowest BCUT2D eigenvalue weighted by molar-refractivity contribution is -0.137. The Morgan fingerprint density at radius 3 is 2.83 bits per heavy atom. The monoisotopic (exact) mass is 333 g/mol. The van der Waals surface area contributed by atoms with Gasteiger partial charge in [-0.3, -0.25) is 4.79 Å². The third-order valence-corrected chi connectivity index (χ3v) is 5.32. The standard InChI is InChI=1S/C11H12BrNO4S/c1-13-8(5-11(14)15)6-18(16,17)10-4-7(12)2-3-9(10)13/h2-4,8H,5-6H2,1H3,(H,14,15). The number of benzene rings is 1. The maximum atomic E-state index is 12.1. The lowest BCUT2D eigenvalue weighted by atomic mass is 10.1. The third-order valence-electron chi connectivity index (χ3n) is 3.01. The summed E-state index contributed by atoms with van der Waals surface area (Å²) in [4.78, 5) is 12.7. The molecule has 0 radical (unpaired) electrons. The molecule has 7 heteroatoms. The lowest BCUT2D eigenvalue weighted by Crippen LogP contribution is -2.43. The Morgan fingerprint density at radius 1 is 1.56 bits per heavy atom. The van der Waals surface area contributed by atoms with Crippen molar-refractivity contribution in [1.82, 2.24) is 0 Å². The average Bonchev–Trinajstić information content (AvgIpc) is 2.24. The fraction of sp³-hybridized carbons (Fsp3) is 0.364. The van der Waals surface area contributed by atoms with Gasteiger partial charge in [0, 0.05) is 11.5 Å². The van der Waals surface area contributed by atoms with Crippen LogP contribution in [0.2, 0.25) is 0 Å². The maximum absolute atomic E-state index is 12.1. The van der Waals surface area contributed by atoms with Crippen LogP contribution in [0.4, 0.5) is 5.69 Å². The summed E-state index contributed by atoms with van der Waals surface area (Å²) in [5.74, 6) is -1.16. The summed E-state index contributed by atoms with van der Waals surface area (Å²) in [6.45, 7) is 0. The zero-order chi connectivity index (χ0) is 13.5. The Labute approximate surface area is 113 Å². The second-order valence-electron chi connectivity index (χ2n) is 4.26. The first-order valence-electron chi connectivity index (χ1n) is 5.28. The normalized spacial score (nSPS) is 21.4. The lowest BCUT2D eigenvalue weighted by Gasteiger charge is -2.34. The predicted molar refractivity (Wildman–Crippen MR) is 70.6 cm³/mol. The molecular formula is C11H12BrNO4S. The summed E-state index contributed by atoms with van der Waals surface area (Å²) in [5.41, 5.74) is 0.552. The van der Waals surface area contributed by atoms with Gasteiger partial charge in [0.2, 0.25) is 0 Å². The molecule has 1 N–H and O–H groups in total. The second kappa shape index (κ2) is 4.55. The SMILES string of the molecule is CN1c2ccc(Br)cc2S(=O)(=O)CC1CC(=O)O. The molecule has 1 aliphatic heterocycles. The van der Waals surface area contributed by atoms with Crippen LogP contribution < -0.4 is 4.90 Å². The topological polar surface area (TPSA) is 74.7 Å². The quantitative estimate of drug-likeness (QED) is 0.888. The predicted octanol–water partition coefficient (Wildman–Crippen LogP) is 1.52. The van der Waals surface area contributed by atoms with Crippen molar-refractivity contribution in [3.05, 3.63) is 22.7 Å². The minimum absolute atomic E-state index is 0.167. The Morgan fingerprint density at radius 2 is 2.22 bits per heavy atom. The van der Waals surface area contributed by atoms with Crippen molar-refractivity contribution in [1.29, 1.82) is 0 Å². The molecular weight excluding hydrogens is 322 g/mol. The van der Waals surface area contributed by atoms with Crippen molar-refractivity contribution in [3.63, 3.8) is 0 Å². The molecule has 1 heterocycles. The van der Waals surface area contributed by atoms with Gasteiger partial charge in [-0.05, 0) is 18.2 Å². The van der Waals surface area contributed by atoms with E-state index in [1.54, 1.807) is 30.1 Å². The summed E-state index contributed by atoms with van der Waals surface area (Å²) < 4.78 is 24.9. The number of rotatable bonds is 2. The van der Waals surface area contributed by atoms with Crippen LogP contribution in [0.25, 0.3) is 0 Å². The van der Waals surface area contributed by atoms with E-state index in [1.165, 1.54) is 0 Å². The minimum atomic E-state index is -3.43. The first kappa shape index (κ1) is 13.4. The molecule has 0 aromatic heterocycles. The molecule has 1 aromatic carbocycles. The molecule has 1 aliphatic rings. The van der Waals surface area contributed by atoms with Gasteiger partial charge in [-0.25, -0.2) is 8.42 Å². The Kier molecular flexibility index (Phi) is 3.37. The average molecular weight is 334 g/mol. The third kappa shape index (κ3) is 2.37. The van der Waals surface area contributed by atoms with Gasteiger partial charge in [-0.1, -0.05) is 15.9 Å². The zero-order valence-corrected chi connectivity index (χ0v) is 12.0. The van der Waals surface area contributed by atoms with Crippen molar-refractivity contribution < 1.29 is 18.3 Å². The fourth-order valence-electron chi connectivity index (χ4n) is 2.08. The highest BCUT2D eigenvalue weighted by atomic mass is 79.9. The van der Waals surface area contributed by atoms with Crippen molar-refractivity contribution in [2.24, 2.45) is 0 Å². The molecule has 1 aromatic rings. The van der Waals surface area contributed by atoms with Crippen LogP contribution in [0, 0.1) is 0 Å². The molecule has 2 rings (SSSR count). The van der Waals surface area contributed by atoms with Crippen LogP contribution >= 0.6 is 15.9 Å². The molecule has 0 saturated carbocycles. The van der Waals surface area contributed by atoms with Crippen LogP contribution in [0.15, 0.2) is 27.6 Å². The molecule has 0 amide bonds. The van der Waals surface area contributed by atoms with E-state index in [4.69, 9.17) is 5.11 Å². The largest absolute Gasteiger partial charge is 0.481 e. The second-order valence-corrected chi connectivity index (χ2v) is 7.17. The van der Waals surface area contributed by atoms with E-state index in [1.807, 2.05) is 0 Å². The van der Waals surface area contributed by atoms with Crippen molar-refractivity contribution in [2.75, 3.05) is 17.7 Å². The number of hydrogen-bond donors (Lipinski definition) is 1. The molecule has 5 nitrogen and oxygen atoms in total. The number of nitrogens with zero attached hydrogens (tertiary/aromatic N) is 1. The molecule has 0 saturated heterocycles. The van der Waals surface area contributed by atoms with E-state index >= 15 is 0 Å². The minimum Gasteiger partial charge on any atom is -0.481 e. The highest BCUT2D eigenvalue weighted by molar-refractivity contribution is 9.10. The Balaban J connectivity index is 2.51. The number of sulfone groups is 1. The highest BCUT2D eigenvalue weighted by Crippen LogP contribution is 2.35. The van der Waals surface area contributed by atoms with Crippen molar-refractivity contribution in [2.45, 2.75) is 17.4 Å². The first-order chi connectivity index (χ1) is 8.31. The van der Waals surface area contributed by atoms with Gasteiger partial charge in [0.1, 0.15) is 0 Å². The van der Waals surface area contributed by atoms with Crippen LogP contribution in [-0.2, 0) is 14.6 Å². The number of hydrogen-bond acceptors (Lipinski definition) is 4. The molecule has 18 heavy (non-hydrogen) atoms. The molecule has 0 aliphatic carbocycles. The molecule has 1 unspecified atom stereocenters. The number of anilines is 1. The highest BCUT2D eigenvalue weighted by Gasteiger charge is 2.34. The van der Waals surface area contributed by atoms with E-state index in [-0.39, 0.29) is 17.1 Å². The first-order valence-corrected chi connectivity index (χ1v) is 7.73. The van der Waals surface area contributed by atoms with Crippen LogP contribution in [0.1, 0.15) is 6.42 Å². The van der Waals surface area contributed by atoms with Gasteiger partial charge in [0.05, 0.1) is 28.8 Å². The van der Waals surface area contributed by atoms with E-state index in [9.17, 15) is 13.2 Å². The van der Waals surface area contributed by atoms with E-state index in [0.29, 0.717) is 10.2 Å². The number of carbonyl (C=O) groups is 1. The summed E-state index contributed by atoms with van der Waals surface area (Å²) >= 11 is 3.24. The van der Waals surface area contributed by atoms with E-state index < -0.39 is 21.8 Å². The van der Waals surface area contributed by atoms with Crippen LogP contribution in [-0.4, -0.2) is 38.3 Å². The van der Waals surface area contributed by atoms with Crippen molar-refractivity contribution >= 4 is 37.4 Å². The molecule has 1 atom stereocenters. The molecule has 0 fully saturated rings. The number of carboxylic acid groups (broad SMARTS) is 1. The summed E-state index contributed by atoms with van der Waals surface area (Å²) in [5, 5.41) is 8.82. The van der Waals surface area contributed by atoms with Crippen LogP contribution in [0.5, 0.6) is 0 Å². The number of aliphatic carboxylic acids is 1. The molecule has 0 bridgehead atoms. The number of fused-ring (bicyclic) bond motifs is 1. The van der Waals surface area contributed by atoms with Gasteiger partial charge in [0.25, 0.3) is 0 Å². The number of halogens is 1. The molecule has 0 spiro atoms. The fourth-order valence-corrected chi connectivity index (χ4v) is 4.45. The number of carboxylic acids is 1. The Bertz CT molecular complexity index is 599. The van der Waals surface area contributed by atoms with Gasteiger partial charge >= 0.3 is 5.97 Å². The van der Waals surface area contributed by atoms with Gasteiger partial charge in [-0.2, -0.15) is 0 Å². The van der Waals surface area contributed by atoms with E-state index in [2.05, 4.69) is 15.9 Å². The van der Waals surface area contributed by atoms with Gasteiger partial charge in [-0.15, -0.1) is 0 Å². The Hall–Kier alpha value is -1.08. The maximum Gasteiger partial charge on any atom is 0.305 e. The summed E-state index contributed by atoms with van der Waals surface area (Å²) in [6, 6.07) is 4.46. The van der Waals surface area contributed by atoms with Gasteiger partial charge in [0.15, 0.2) is 9.84 Å².